The molecule has 2 heterocycles. The Balaban J connectivity index is 1.36. The largest absolute Gasteiger partial charge is 0.497 e. The maximum absolute atomic E-state index is 12.8. The fraction of sp³-hybridized carbons (Fsp3) is 0.261. The van der Waals surface area contributed by atoms with Crippen molar-refractivity contribution in [3.05, 3.63) is 78.1 Å². The molecule has 7 heteroatoms. The highest BCUT2D eigenvalue weighted by Crippen LogP contribution is 2.22. The Morgan fingerprint density at radius 3 is 2.83 bits per heavy atom. The number of ether oxygens (including phenoxy) is 1. The third kappa shape index (κ3) is 4.51. The molecule has 2 aromatic carbocycles. The average Bonchev–Trinajstić information content (AvgIpc) is 3.46. The molecule has 1 atom stereocenters. The standard InChI is InChI=1S/C23H24N4O3/c1-30-21-8-3-6-18(14-21)23(29)26-12-9-19(16-26)22(28)25-20-7-2-5-17(13-20)15-27-11-4-10-24-27/h2-8,10-11,13-14,19H,9,12,15-16H2,1H3,(H,25,28). The van der Waals surface area contributed by atoms with Crippen LogP contribution in [-0.2, 0) is 11.3 Å². The molecule has 1 aliphatic heterocycles. The number of amides is 2. The molecule has 1 aliphatic rings. The van der Waals surface area contributed by atoms with Crippen molar-refractivity contribution in [2.24, 2.45) is 5.92 Å². The average molecular weight is 404 g/mol. The third-order valence-corrected chi connectivity index (χ3v) is 5.26. The molecule has 4 rings (SSSR count). The van der Waals surface area contributed by atoms with Gasteiger partial charge in [-0.25, -0.2) is 0 Å². The Labute approximate surface area is 175 Å². The van der Waals surface area contributed by atoms with Gasteiger partial charge in [0.1, 0.15) is 5.75 Å². The van der Waals surface area contributed by atoms with Gasteiger partial charge in [-0.05, 0) is 48.4 Å². The SMILES string of the molecule is COc1cccc(C(=O)N2CCC(C(=O)Nc3cccc(Cn4cccn4)c3)C2)c1. The van der Waals surface area contributed by atoms with E-state index in [0.29, 0.717) is 37.4 Å². The first-order chi connectivity index (χ1) is 14.6. The van der Waals surface area contributed by atoms with Crippen LogP contribution in [0.15, 0.2) is 67.0 Å². The number of hydrogen-bond acceptors (Lipinski definition) is 4. The van der Waals surface area contributed by atoms with E-state index in [-0.39, 0.29) is 17.7 Å². The van der Waals surface area contributed by atoms with Gasteiger partial charge >= 0.3 is 0 Å². The summed E-state index contributed by atoms with van der Waals surface area (Å²) in [5.41, 5.74) is 2.38. The van der Waals surface area contributed by atoms with Crippen LogP contribution in [0.4, 0.5) is 5.69 Å². The molecule has 1 unspecified atom stereocenters. The van der Waals surface area contributed by atoms with E-state index in [2.05, 4.69) is 10.4 Å². The van der Waals surface area contributed by atoms with Crippen molar-refractivity contribution >= 4 is 17.5 Å². The Morgan fingerprint density at radius 1 is 1.17 bits per heavy atom. The minimum atomic E-state index is -0.227. The van der Waals surface area contributed by atoms with Gasteiger partial charge in [0, 0.05) is 36.7 Å². The first-order valence-corrected chi connectivity index (χ1v) is 9.93. The maximum atomic E-state index is 12.8. The summed E-state index contributed by atoms with van der Waals surface area (Å²) >= 11 is 0. The lowest BCUT2D eigenvalue weighted by molar-refractivity contribution is -0.119. The van der Waals surface area contributed by atoms with E-state index in [1.807, 2.05) is 41.2 Å². The highest BCUT2D eigenvalue weighted by atomic mass is 16.5. The summed E-state index contributed by atoms with van der Waals surface area (Å²) in [5, 5.41) is 7.20. The highest BCUT2D eigenvalue weighted by Gasteiger charge is 2.31. The van der Waals surface area contributed by atoms with Crippen molar-refractivity contribution in [2.75, 3.05) is 25.5 Å². The van der Waals surface area contributed by atoms with Crippen LogP contribution in [0.3, 0.4) is 0 Å². The molecule has 154 valence electrons. The zero-order valence-electron chi connectivity index (χ0n) is 16.8. The second kappa shape index (κ2) is 8.82. The second-order valence-electron chi connectivity index (χ2n) is 7.36. The zero-order valence-corrected chi connectivity index (χ0v) is 16.8. The quantitative estimate of drug-likeness (QED) is 0.685. The van der Waals surface area contributed by atoms with Crippen molar-refractivity contribution < 1.29 is 14.3 Å². The van der Waals surface area contributed by atoms with Crippen molar-refractivity contribution in [1.29, 1.82) is 0 Å². The van der Waals surface area contributed by atoms with Gasteiger partial charge in [-0.1, -0.05) is 18.2 Å². The number of nitrogens with zero attached hydrogens (tertiary/aromatic N) is 3. The number of carbonyl (C=O) groups is 2. The van der Waals surface area contributed by atoms with E-state index in [1.165, 1.54) is 0 Å². The number of hydrogen-bond donors (Lipinski definition) is 1. The number of likely N-dealkylation sites (tertiary alicyclic amines) is 1. The van der Waals surface area contributed by atoms with Gasteiger partial charge in [0.05, 0.1) is 19.6 Å². The van der Waals surface area contributed by atoms with E-state index in [1.54, 1.807) is 42.5 Å². The molecule has 0 radical (unpaired) electrons. The van der Waals surface area contributed by atoms with Gasteiger partial charge < -0.3 is 15.0 Å². The van der Waals surface area contributed by atoms with E-state index >= 15 is 0 Å². The normalized spacial score (nSPS) is 15.8. The number of rotatable bonds is 6. The highest BCUT2D eigenvalue weighted by molar-refractivity contribution is 5.97. The Morgan fingerprint density at radius 2 is 2.03 bits per heavy atom. The predicted molar refractivity (Wildman–Crippen MR) is 113 cm³/mol. The van der Waals surface area contributed by atoms with E-state index < -0.39 is 0 Å². The number of nitrogens with one attached hydrogen (secondary N) is 1. The minimum absolute atomic E-state index is 0.0628. The molecule has 0 bridgehead atoms. The van der Waals surface area contributed by atoms with E-state index in [0.717, 1.165) is 11.3 Å². The Bertz CT molecular complexity index is 1030. The summed E-state index contributed by atoms with van der Waals surface area (Å²) in [7, 11) is 1.57. The molecule has 0 saturated carbocycles. The van der Waals surface area contributed by atoms with Crippen LogP contribution in [0.2, 0.25) is 0 Å². The van der Waals surface area contributed by atoms with Gasteiger partial charge in [0.15, 0.2) is 0 Å². The summed E-state index contributed by atoms with van der Waals surface area (Å²) in [6.45, 7) is 1.62. The van der Waals surface area contributed by atoms with E-state index in [4.69, 9.17) is 4.74 Å². The molecule has 7 nitrogen and oxygen atoms in total. The van der Waals surface area contributed by atoms with Gasteiger partial charge in [-0.2, -0.15) is 5.10 Å². The fourth-order valence-corrected chi connectivity index (χ4v) is 3.67. The predicted octanol–water partition coefficient (Wildman–Crippen LogP) is 3.04. The third-order valence-electron chi connectivity index (χ3n) is 5.26. The molecule has 1 aromatic heterocycles. The van der Waals surface area contributed by atoms with Crippen LogP contribution >= 0.6 is 0 Å². The topological polar surface area (TPSA) is 76.5 Å². The number of benzene rings is 2. The second-order valence-corrected chi connectivity index (χ2v) is 7.36. The first kappa shape index (κ1) is 19.7. The summed E-state index contributed by atoms with van der Waals surface area (Å²) in [4.78, 5) is 27.3. The lowest BCUT2D eigenvalue weighted by Crippen LogP contribution is -2.31. The van der Waals surface area contributed by atoms with Gasteiger partial charge in [0.25, 0.3) is 5.91 Å². The molecule has 3 aromatic rings. The summed E-state index contributed by atoms with van der Waals surface area (Å²) in [5.74, 6) is 0.274. The van der Waals surface area contributed by atoms with Crippen LogP contribution in [0.1, 0.15) is 22.3 Å². The first-order valence-electron chi connectivity index (χ1n) is 9.93. The van der Waals surface area contributed by atoms with Crippen molar-refractivity contribution in [3.8, 4) is 5.75 Å². The Hall–Kier alpha value is -3.61. The van der Waals surface area contributed by atoms with Crippen LogP contribution in [0.5, 0.6) is 5.75 Å². The number of aromatic nitrogens is 2. The number of carbonyl (C=O) groups excluding carboxylic acids is 2. The Kier molecular flexibility index (Phi) is 5.79. The van der Waals surface area contributed by atoms with Crippen LogP contribution in [-0.4, -0.2) is 46.7 Å². The summed E-state index contributed by atoms with van der Waals surface area (Å²) in [6.07, 6.45) is 4.29. The van der Waals surface area contributed by atoms with E-state index in [9.17, 15) is 9.59 Å². The summed E-state index contributed by atoms with van der Waals surface area (Å²) in [6, 6.07) is 16.7. The van der Waals surface area contributed by atoms with Crippen LogP contribution in [0, 0.1) is 5.92 Å². The lowest BCUT2D eigenvalue weighted by Gasteiger charge is -2.17. The zero-order chi connectivity index (χ0) is 20.9. The molecule has 1 fully saturated rings. The van der Waals surface area contributed by atoms with Crippen molar-refractivity contribution in [1.82, 2.24) is 14.7 Å². The number of anilines is 1. The molecule has 0 aliphatic carbocycles. The molecular formula is C23H24N4O3. The van der Waals surface area contributed by atoms with Gasteiger partial charge in [0.2, 0.25) is 5.91 Å². The van der Waals surface area contributed by atoms with Crippen molar-refractivity contribution in [2.45, 2.75) is 13.0 Å². The fourth-order valence-electron chi connectivity index (χ4n) is 3.67. The maximum Gasteiger partial charge on any atom is 0.254 e. The molecule has 2 amide bonds. The molecular weight excluding hydrogens is 380 g/mol. The molecule has 1 N–H and O–H groups in total. The summed E-state index contributed by atoms with van der Waals surface area (Å²) < 4.78 is 7.03. The van der Waals surface area contributed by atoms with Gasteiger partial charge in [-0.15, -0.1) is 0 Å². The molecule has 0 spiro atoms. The minimum Gasteiger partial charge on any atom is -0.497 e. The van der Waals surface area contributed by atoms with Crippen LogP contribution in [0.25, 0.3) is 0 Å². The van der Waals surface area contributed by atoms with Crippen molar-refractivity contribution in [3.63, 3.8) is 0 Å². The number of methoxy groups -OCH3 is 1. The molecule has 1 saturated heterocycles. The monoisotopic (exact) mass is 404 g/mol. The van der Waals surface area contributed by atoms with Crippen LogP contribution < -0.4 is 10.1 Å². The smallest absolute Gasteiger partial charge is 0.254 e. The molecule has 30 heavy (non-hydrogen) atoms. The van der Waals surface area contributed by atoms with Gasteiger partial charge in [-0.3, -0.25) is 14.3 Å². The lowest BCUT2D eigenvalue weighted by atomic mass is 10.1.